The smallest absolute Gasteiger partial charge is 0.0958 e. The minimum absolute atomic E-state index is 0.0769. The van der Waals surface area contributed by atoms with E-state index in [9.17, 15) is 0 Å². The van der Waals surface area contributed by atoms with Crippen molar-refractivity contribution in [2.24, 2.45) is 5.84 Å². The normalized spacial score (nSPS) is 12.9. The van der Waals surface area contributed by atoms with Crippen LogP contribution in [0.4, 0.5) is 0 Å². The summed E-state index contributed by atoms with van der Waals surface area (Å²) in [4.78, 5) is 10.1. The van der Waals surface area contributed by atoms with Crippen molar-refractivity contribution in [3.8, 4) is 0 Å². The van der Waals surface area contributed by atoms with Crippen molar-refractivity contribution in [3.05, 3.63) is 45.4 Å². The minimum atomic E-state index is 0.0769. The summed E-state index contributed by atoms with van der Waals surface area (Å²) >= 11 is 3.35. The standard InChI is InChI=1S/C13H14N4S2/c1-8-13(18-7-15-8)10(17-14)6-12-16-9-4-2-3-5-11(9)19-12/h2-5,7,10,17H,6,14H2,1H3. The van der Waals surface area contributed by atoms with Gasteiger partial charge in [0.25, 0.3) is 0 Å². The number of nitrogens with zero attached hydrogens (tertiary/aromatic N) is 2. The predicted molar refractivity (Wildman–Crippen MR) is 80.2 cm³/mol. The van der Waals surface area contributed by atoms with Crippen LogP contribution in [-0.4, -0.2) is 9.97 Å². The van der Waals surface area contributed by atoms with E-state index in [1.54, 1.807) is 22.7 Å². The number of hydrogen-bond donors (Lipinski definition) is 2. The zero-order valence-electron chi connectivity index (χ0n) is 10.5. The van der Waals surface area contributed by atoms with Gasteiger partial charge < -0.3 is 0 Å². The van der Waals surface area contributed by atoms with Crippen LogP contribution in [0.5, 0.6) is 0 Å². The molecule has 6 heteroatoms. The van der Waals surface area contributed by atoms with E-state index >= 15 is 0 Å². The SMILES string of the molecule is Cc1ncsc1C(Cc1nc2ccccc2s1)NN. The molecule has 0 amide bonds. The molecule has 4 nitrogen and oxygen atoms in total. The number of fused-ring (bicyclic) bond motifs is 1. The summed E-state index contributed by atoms with van der Waals surface area (Å²) in [5, 5.41) is 1.09. The van der Waals surface area contributed by atoms with E-state index < -0.39 is 0 Å². The number of para-hydroxylation sites is 1. The molecule has 0 radical (unpaired) electrons. The van der Waals surface area contributed by atoms with Gasteiger partial charge in [-0.15, -0.1) is 22.7 Å². The van der Waals surface area contributed by atoms with Gasteiger partial charge in [-0.05, 0) is 19.1 Å². The molecule has 0 saturated carbocycles. The third-order valence-electron chi connectivity index (χ3n) is 3.02. The molecule has 1 aromatic carbocycles. The monoisotopic (exact) mass is 290 g/mol. The Hall–Kier alpha value is -1.34. The van der Waals surface area contributed by atoms with Crippen molar-refractivity contribution < 1.29 is 0 Å². The van der Waals surface area contributed by atoms with Crippen LogP contribution >= 0.6 is 22.7 Å². The highest BCUT2D eigenvalue weighted by Gasteiger charge is 2.17. The lowest BCUT2D eigenvalue weighted by Crippen LogP contribution is -2.29. The van der Waals surface area contributed by atoms with Gasteiger partial charge in [-0.25, -0.2) is 9.97 Å². The number of nitrogens with one attached hydrogen (secondary N) is 1. The summed E-state index contributed by atoms with van der Waals surface area (Å²) in [5.74, 6) is 5.68. The van der Waals surface area contributed by atoms with Gasteiger partial charge >= 0.3 is 0 Å². The van der Waals surface area contributed by atoms with Crippen LogP contribution in [0.25, 0.3) is 10.2 Å². The molecule has 2 aromatic heterocycles. The third kappa shape index (κ3) is 2.52. The fraction of sp³-hybridized carbons (Fsp3) is 0.231. The molecule has 19 heavy (non-hydrogen) atoms. The Bertz CT molecular complexity index is 656. The lowest BCUT2D eigenvalue weighted by Gasteiger charge is -2.12. The predicted octanol–water partition coefficient (Wildman–Crippen LogP) is 2.81. The van der Waals surface area contributed by atoms with Crippen molar-refractivity contribution in [2.75, 3.05) is 0 Å². The zero-order chi connectivity index (χ0) is 13.2. The number of benzene rings is 1. The van der Waals surface area contributed by atoms with Crippen LogP contribution < -0.4 is 11.3 Å². The number of thiazole rings is 2. The van der Waals surface area contributed by atoms with Crippen LogP contribution in [0.15, 0.2) is 29.8 Å². The molecule has 2 heterocycles. The molecule has 0 saturated heterocycles. The highest BCUT2D eigenvalue weighted by Crippen LogP contribution is 2.28. The van der Waals surface area contributed by atoms with Gasteiger partial charge in [0.15, 0.2) is 0 Å². The van der Waals surface area contributed by atoms with Crippen LogP contribution in [0.2, 0.25) is 0 Å². The summed E-state index contributed by atoms with van der Waals surface area (Å²) in [6.45, 7) is 2.01. The topological polar surface area (TPSA) is 63.8 Å². The number of rotatable bonds is 4. The molecule has 1 atom stereocenters. The highest BCUT2D eigenvalue weighted by molar-refractivity contribution is 7.18. The van der Waals surface area contributed by atoms with Crippen LogP contribution in [0, 0.1) is 6.92 Å². The molecular weight excluding hydrogens is 276 g/mol. The van der Waals surface area contributed by atoms with E-state index in [1.165, 1.54) is 9.58 Å². The summed E-state index contributed by atoms with van der Waals surface area (Å²) < 4.78 is 1.22. The second kappa shape index (κ2) is 5.34. The average molecular weight is 290 g/mol. The van der Waals surface area contributed by atoms with Crippen LogP contribution in [-0.2, 0) is 6.42 Å². The first-order valence-corrected chi connectivity index (χ1v) is 7.68. The van der Waals surface area contributed by atoms with E-state index in [-0.39, 0.29) is 6.04 Å². The number of hydrogen-bond acceptors (Lipinski definition) is 6. The number of hydrazine groups is 1. The first-order valence-electron chi connectivity index (χ1n) is 5.98. The fourth-order valence-electron chi connectivity index (χ4n) is 2.05. The summed E-state index contributed by atoms with van der Waals surface area (Å²) in [6, 6.07) is 8.26. The number of aryl methyl sites for hydroxylation is 1. The zero-order valence-corrected chi connectivity index (χ0v) is 12.1. The highest BCUT2D eigenvalue weighted by atomic mass is 32.1. The lowest BCUT2D eigenvalue weighted by molar-refractivity contribution is 0.556. The molecule has 0 bridgehead atoms. The second-order valence-electron chi connectivity index (χ2n) is 4.30. The molecule has 0 aliphatic rings. The van der Waals surface area contributed by atoms with Crippen molar-refractivity contribution in [1.29, 1.82) is 0 Å². The van der Waals surface area contributed by atoms with Gasteiger partial charge in [0, 0.05) is 11.3 Å². The van der Waals surface area contributed by atoms with Gasteiger partial charge in [-0.3, -0.25) is 11.3 Å². The Labute approximate surface area is 119 Å². The molecule has 1 unspecified atom stereocenters. The third-order valence-corrected chi connectivity index (χ3v) is 5.12. The Balaban J connectivity index is 1.88. The molecule has 0 aliphatic carbocycles. The van der Waals surface area contributed by atoms with Crippen molar-refractivity contribution in [3.63, 3.8) is 0 Å². The van der Waals surface area contributed by atoms with Gasteiger partial charge in [-0.2, -0.15) is 0 Å². The summed E-state index contributed by atoms with van der Waals surface area (Å²) in [5.41, 5.74) is 6.82. The Morgan fingerprint density at radius 2 is 2.21 bits per heavy atom. The van der Waals surface area contributed by atoms with E-state index in [0.29, 0.717) is 0 Å². The summed E-state index contributed by atoms with van der Waals surface area (Å²) in [6.07, 6.45) is 0.791. The van der Waals surface area contributed by atoms with Crippen molar-refractivity contribution in [1.82, 2.24) is 15.4 Å². The molecule has 0 aliphatic heterocycles. The van der Waals surface area contributed by atoms with Crippen molar-refractivity contribution in [2.45, 2.75) is 19.4 Å². The Kier molecular flexibility index (Phi) is 3.56. The summed E-state index contributed by atoms with van der Waals surface area (Å²) in [7, 11) is 0. The molecule has 0 fully saturated rings. The molecular formula is C13H14N4S2. The van der Waals surface area contributed by atoms with Gasteiger partial charge in [0.2, 0.25) is 0 Å². The Morgan fingerprint density at radius 3 is 2.89 bits per heavy atom. The van der Waals surface area contributed by atoms with E-state index in [2.05, 4.69) is 21.5 Å². The maximum Gasteiger partial charge on any atom is 0.0958 e. The molecule has 3 rings (SSSR count). The largest absolute Gasteiger partial charge is 0.271 e. The lowest BCUT2D eigenvalue weighted by atomic mass is 10.1. The van der Waals surface area contributed by atoms with E-state index in [1.807, 2.05) is 30.6 Å². The van der Waals surface area contributed by atoms with E-state index in [0.717, 1.165) is 22.6 Å². The molecule has 3 aromatic rings. The van der Waals surface area contributed by atoms with Crippen LogP contribution in [0.3, 0.4) is 0 Å². The first-order chi connectivity index (χ1) is 9.28. The minimum Gasteiger partial charge on any atom is -0.271 e. The quantitative estimate of drug-likeness (QED) is 0.573. The first kappa shape index (κ1) is 12.7. The number of aromatic nitrogens is 2. The average Bonchev–Trinajstić information content (AvgIpc) is 3.01. The van der Waals surface area contributed by atoms with Gasteiger partial charge in [0.1, 0.15) is 0 Å². The maximum absolute atomic E-state index is 5.68. The molecule has 3 N–H and O–H groups in total. The number of nitrogens with two attached hydrogens (primary N) is 1. The van der Waals surface area contributed by atoms with E-state index in [4.69, 9.17) is 5.84 Å². The molecule has 98 valence electrons. The van der Waals surface area contributed by atoms with Gasteiger partial charge in [-0.1, -0.05) is 12.1 Å². The second-order valence-corrected chi connectivity index (χ2v) is 6.30. The maximum atomic E-state index is 5.68. The van der Waals surface area contributed by atoms with Crippen LogP contribution in [0.1, 0.15) is 21.6 Å². The Morgan fingerprint density at radius 1 is 1.37 bits per heavy atom. The fourth-order valence-corrected chi connectivity index (χ4v) is 3.93. The molecule has 0 spiro atoms. The van der Waals surface area contributed by atoms with Crippen molar-refractivity contribution >= 4 is 32.9 Å². The van der Waals surface area contributed by atoms with Gasteiger partial charge in [0.05, 0.1) is 32.5 Å².